The van der Waals surface area contributed by atoms with Gasteiger partial charge in [-0.3, -0.25) is 0 Å². The number of hydrogen-bond donors (Lipinski definition) is 4. The van der Waals surface area contributed by atoms with Crippen LogP contribution in [0.2, 0.25) is 0 Å². The minimum Gasteiger partial charge on any atom is -0.397 e. The molecule has 1 heterocycles. The Morgan fingerprint density at radius 2 is 2.15 bits per heavy atom. The summed E-state index contributed by atoms with van der Waals surface area (Å²) < 4.78 is 0. The molecule has 0 unspecified atom stereocenters. The van der Waals surface area contributed by atoms with Gasteiger partial charge in [0.05, 0.1) is 23.3 Å². The Morgan fingerprint density at radius 1 is 1.38 bits per heavy atom. The summed E-state index contributed by atoms with van der Waals surface area (Å²) in [5, 5.41) is 9.00. The average Bonchev–Trinajstić information content (AvgIpc) is 2.48. The lowest BCUT2D eigenvalue weighted by Crippen LogP contribution is -1.90. The molecule has 68 valence electrons. The summed E-state index contributed by atoms with van der Waals surface area (Å²) in [6.45, 7) is -0.0684. The number of aliphatic hydroxyl groups is 1. The first-order valence-electron chi connectivity index (χ1n) is 3.86. The lowest BCUT2D eigenvalue weighted by Gasteiger charge is -1.99. The fraction of sp³-hybridized carbons (Fsp3) is 0.125. The highest BCUT2D eigenvalue weighted by molar-refractivity contribution is 5.90. The summed E-state index contributed by atoms with van der Waals surface area (Å²) in [7, 11) is 0. The van der Waals surface area contributed by atoms with Crippen molar-refractivity contribution in [1.82, 2.24) is 9.97 Å². The van der Waals surface area contributed by atoms with E-state index in [2.05, 4.69) is 9.97 Å². The van der Waals surface area contributed by atoms with Crippen molar-refractivity contribution in [3.05, 3.63) is 17.7 Å². The second kappa shape index (κ2) is 2.63. The Balaban J connectivity index is 2.83. The molecule has 1 aromatic carbocycles. The van der Waals surface area contributed by atoms with Crippen LogP contribution in [0.4, 0.5) is 11.6 Å². The first-order chi connectivity index (χ1) is 6.22. The monoisotopic (exact) mass is 178 g/mol. The second-order valence-electron chi connectivity index (χ2n) is 2.82. The molecule has 0 aliphatic carbocycles. The zero-order valence-corrected chi connectivity index (χ0v) is 6.91. The van der Waals surface area contributed by atoms with E-state index in [-0.39, 0.29) is 6.61 Å². The lowest BCUT2D eigenvalue weighted by atomic mass is 10.2. The van der Waals surface area contributed by atoms with Crippen LogP contribution in [0.1, 0.15) is 5.56 Å². The number of hydrogen-bond acceptors (Lipinski definition) is 4. The van der Waals surface area contributed by atoms with Crippen molar-refractivity contribution in [2.75, 3.05) is 11.5 Å². The molecule has 5 nitrogen and oxygen atoms in total. The number of rotatable bonds is 1. The number of anilines is 2. The summed E-state index contributed by atoms with van der Waals surface area (Å²) in [4.78, 5) is 6.86. The summed E-state index contributed by atoms with van der Waals surface area (Å²) in [5.41, 5.74) is 13.8. The molecule has 13 heavy (non-hydrogen) atoms. The van der Waals surface area contributed by atoms with E-state index in [1.165, 1.54) is 0 Å². The quantitative estimate of drug-likeness (QED) is 0.469. The first-order valence-corrected chi connectivity index (χ1v) is 3.86. The predicted octanol–water partition coefficient (Wildman–Crippen LogP) is 0.220. The molecule has 2 rings (SSSR count). The minimum absolute atomic E-state index is 0.0684. The number of aromatic amines is 1. The van der Waals surface area contributed by atoms with E-state index in [4.69, 9.17) is 16.6 Å². The molecule has 0 saturated heterocycles. The van der Waals surface area contributed by atoms with Crippen molar-refractivity contribution in [3.8, 4) is 0 Å². The number of H-pyrrole nitrogens is 1. The zero-order chi connectivity index (χ0) is 9.42. The standard InChI is InChI=1S/C8H10N4O/c9-5-2-1-4(3-13)6-7(5)12-8(10)11-6/h1-2,13H,3,9H2,(H3,10,11,12). The normalized spacial score (nSPS) is 10.8. The van der Waals surface area contributed by atoms with Gasteiger partial charge in [-0.25, -0.2) is 4.98 Å². The summed E-state index contributed by atoms with van der Waals surface area (Å²) in [5.74, 6) is 0.308. The van der Waals surface area contributed by atoms with Gasteiger partial charge in [-0.1, -0.05) is 6.07 Å². The molecule has 0 spiro atoms. The number of nitrogens with two attached hydrogens (primary N) is 2. The molecule has 0 aliphatic rings. The number of nitrogens with one attached hydrogen (secondary N) is 1. The maximum absolute atomic E-state index is 9.00. The number of aliphatic hydroxyl groups excluding tert-OH is 1. The highest BCUT2D eigenvalue weighted by Crippen LogP contribution is 2.23. The Bertz CT molecular complexity index is 449. The van der Waals surface area contributed by atoms with Crippen molar-refractivity contribution in [3.63, 3.8) is 0 Å². The Kier molecular flexibility index (Phi) is 1.60. The number of nitrogens with zero attached hydrogens (tertiary/aromatic N) is 1. The van der Waals surface area contributed by atoms with E-state index in [9.17, 15) is 0 Å². The molecule has 2 aromatic rings. The molecule has 6 N–H and O–H groups in total. The van der Waals surface area contributed by atoms with Gasteiger partial charge in [0.25, 0.3) is 0 Å². The van der Waals surface area contributed by atoms with Crippen LogP contribution in [0.25, 0.3) is 11.0 Å². The number of fused-ring (bicyclic) bond motifs is 1. The molecule has 0 amide bonds. The predicted molar refractivity (Wildman–Crippen MR) is 50.8 cm³/mol. The van der Waals surface area contributed by atoms with Crippen LogP contribution in [-0.4, -0.2) is 15.1 Å². The largest absolute Gasteiger partial charge is 0.397 e. The second-order valence-corrected chi connectivity index (χ2v) is 2.82. The number of nitrogen functional groups attached to an aromatic ring is 2. The van der Waals surface area contributed by atoms with Gasteiger partial charge in [-0.05, 0) is 6.07 Å². The Hall–Kier alpha value is -1.75. The molecule has 1 aromatic heterocycles. The van der Waals surface area contributed by atoms with Crippen LogP contribution < -0.4 is 11.5 Å². The molecule has 0 aliphatic heterocycles. The average molecular weight is 178 g/mol. The SMILES string of the molecule is Nc1nc2c(CO)ccc(N)c2[nH]1. The van der Waals surface area contributed by atoms with E-state index in [0.717, 1.165) is 5.56 Å². The van der Waals surface area contributed by atoms with Crippen molar-refractivity contribution in [2.45, 2.75) is 6.61 Å². The van der Waals surface area contributed by atoms with E-state index in [1.54, 1.807) is 12.1 Å². The molecule has 0 radical (unpaired) electrons. The lowest BCUT2D eigenvalue weighted by molar-refractivity contribution is 0.283. The molecular weight excluding hydrogens is 168 g/mol. The van der Waals surface area contributed by atoms with E-state index < -0.39 is 0 Å². The van der Waals surface area contributed by atoms with Gasteiger partial charge < -0.3 is 21.6 Å². The Labute approximate surface area is 74.4 Å². The molecule has 5 heteroatoms. The summed E-state index contributed by atoms with van der Waals surface area (Å²) in [6.07, 6.45) is 0. The van der Waals surface area contributed by atoms with Crippen LogP contribution >= 0.6 is 0 Å². The zero-order valence-electron chi connectivity index (χ0n) is 6.91. The van der Waals surface area contributed by atoms with Crippen molar-refractivity contribution in [1.29, 1.82) is 0 Å². The third-order valence-corrected chi connectivity index (χ3v) is 1.95. The van der Waals surface area contributed by atoms with E-state index >= 15 is 0 Å². The van der Waals surface area contributed by atoms with E-state index in [1.807, 2.05) is 0 Å². The highest BCUT2D eigenvalue weighted by Gasteiger charge is 2.07. The molecule has 0 bridgehead atoms. The van der Waals surface area contributed by atoms with Crippen LogP contribution in [-0.2, 0) is 6.61 Å². The summed E-state index contributed by atoms with van der Waals surface area (Å²) >= 11 is 0. The number of benzene rings is 1. The summed E-state index contributed by atoms with van der Waals surface area (Å²) in [6, 6.07) is 3.45. The molecular formula is C8H10N4O. The Morgan fingerprint density at radius 3 is 2.85 bits per heavy atom. The van der Waals surface area contributed by atoms with Gasteiger partial charge in [0.15, 0.2) is 5.95 Å². The fourth-order valence-electron chi connectivity index (χ4n) is 1.31. The number of imidazole rings is 1. The third kappa shape index (κ3) is 1.09. The van der Waals surface area contributed by atoms with Crippen molar-refractivity contribution in [2.24, 2.45) is 0 Å². The minimum atomic E-state index is -0.0684. The topological polar surface area (TPSA) is 101 Å². The first kappa shape index (κ1) is 7.88. The fourth-order valence-corrected chi connectivity index (χ4v) is 1.31. The van der Waals surface area contributed by atoms with Crippen molar-refractivity contribution < 1.29 is 5.11 Å². The van der Waals surface area contributed by atoms with E-state index in [0.29, 0.717) is 22.7 Å². The molecule has 0 atom stereocenters. The molecule has 0 saturated carbocycles. The van der Waals surface area contributed by atoms with Gasteiger partial charge in [-0.15, -0.1) is 0 Å². The highest BCUT2D eigenvalue weighted by atomic mass is 16.3. The molecule has 0 fully saturated rings. The van der Waals surface area contributed by atoms with Crippen molar-refractivity contribution >= 4 is 22.7 Å². The van der Waals surface area contributed by atoms with Crippen LogP contribution in [0, 0.1) is 0 Å². The smallest absolute Gasteiger partial charge is 0.198 e. The maximum atomic E-state index is 9.00. The van der Waals surface area contributed by atoms with Gasteiger partial charge >= 0.3 is 0 Å². The van der Waals surface area contributed by atoms with Crippen LogP contribution in [0.15, 0.2) is 12.1 Å². The maximum Gasteiger partial charge on any atom is 0.198 e. The number of aromatic nitrogens is 2. The van der Waals surface area contributed by atoms with Gasteiger partial charge in [0.1, 0.15) is 0 Å². The van der Waals surface area contributed by atoms with Crippen LogP contribution in [0.3, 0.4) is 0 Å². The van der Waals surface area contributed by atoms with Gasteiger partial charge in [0, 0.05) is 5.56 Å². The van der Waals surface area contributed by atoms with Gasteiger partial charge in [-0.2, -0.15) is 0 Å². The third-order valence-electron chi connectivity index (χ3n) is 1.95. The van der Waals surface area contributed by atoms with Gasteiger partial charge in [0.2, 0.25) is 0 Å². The van der Waals surface area contributed by atoms with Crippen LogP contribution in [0.5, 0.6) is 0 Å².